The van der Waals surface area contributed by atoms with E-state index in [9.17, 15) is 14.4 Å². The van der Waals surface area contributed by atoms with E-state index in [1.807, 2.05) is 6.07 Å². The molecule has 3 aromatic rings. The molecule has 1 aliphatic heterocycles. The summed E-state index contributed by atoms with van der Waals surface area (Å²) in [5, 5.41) is 4.10. The largest absolute Gasteiger partial charge is 0.497 e. The molecule has 1 fully saturated rings. The Bertz CT molecular complexity index is 1420. The van der Waals surface area contributed by atoms with Crippen molar-refractivity contribution in [2.24, 2.45) is 0 Å². The predicted octanol–water partition coefficient (Wildman–Crippen LogP) is 5.75. The lowest BCUT2D eigenvalue weighted by Crippen LogP contribution is -2.39. The maximum Gasteiger partial charge on any atom is 0.338 e. The second-order valence-corrected chi connectivity index (χ2v) is 10.1. The van der Waals surface area contributed by atoms with E-state index in [1.54, 1.807) is 79.6 Å². The molecule has 0 saturated carbocycles. The number of halogens is 2. The van der Waals surface area contributed by atoms with Crippen LogP contribution in [0, 0.1) is 0 Å². The average Bonchev–Trinajstić information content (AvgIpc) is 3.17. The van der Waals surface area contributed by atoms with Gasteiger partial charge in [-0.05, 0) is 91.8 Å². The van der Waals surface area contributed by atoms with Crippen molar-refractivity contribution >= 4 is 69.7 Å². The molecule has 8 nitrogen and oxygen atoms in total. The Morgan fingerprint density at radius 1 is 1.02 bits per heavy atom. The number of hydrogen-bond donors (Lipinski definition) is 1. The van der Waals surface area contributed by atoms with Crippen molar-refractivity contribution in [3.8, 4) is 5.75 Å². The van der Waals surface area contributed by atoms with Crippen molar-refractivity contribution in [3.63, 3.8) is 0 Å². The van der Waals surface area contributed by atoms with Crippen LogP contribution in [-0.4, -0.2) is 54.1 Å². The molecule has 0 unspecified atom stereocenters. The topological polar surface area (TPSA) is 88.2 Å². The Labute approximate surface area is 247 Å². The molecule has 1 heterocycles. The van der Waals surface area contributed by atoms with Gasteiger partial charge in [0.05, 0.1) is 31.4 Å². The van der Waals surface area contributed by atoms with E-state index < -0.39 is 12.0 Å². The second-order valence-electron chi connectivity index (χ2n) is 8.90. The zero-order chi connectivity index (χ0) is 28.8. The number of methoxy groups -OCH3 is 1. The first kappa shape index (κ1) is 29.3. The molecular weight excluding hydrogens is 573 g/mol. The molecule has 0 aromatic heterocycles. The molecule has 40 heavy (non-hydrogen) atoms. The van der Waals surface area contributed by atoms with E-state index in [-0.39, 0.29) is 30.0 Å². The summed E-state index contributed by atoms with van der Waals surface area (Å²) in [5.74, 6) is -0.494. The smallest absolute Gasteiger partial charge is 0.338 e. The van der Waals surface area contributed by atoms with Crippen LogP contribution in [0.2, 0.25) is 10.0 Å². The third-order valence-corrected chi connectivity index (χ3v) is 7.35. The number of hydrogen-bond acceptors (Lipinski definition) is 6. The van der Waals surface area contributed by atoms with Crippen LogP contribution in [0.1, 0.15) is 29.3 Å². The molecule has 208 valence electrons. The third kappa shape index (κ3) is 6.72. The van der Waals surface area contributed by atoms with Gasteiger partial charge in [0.25, 0.3) is 5.91 Å². The van der Waals surface area contributed by atoms with Gasteiger partial charge in [-0.1, -0.05) is 29.3 Å². The minimum Gasteiger partial charge on any atom is -0.497 e. The van der Waals surface area contributed by atoms with Gasteiger partial charge in [0, 0.05) is 22.3 Å². The number of nitrogens with one attached hydrogen (secondary N) is 1. The standard InChI is InChI=1S/C29H27Cl2N3O5S/c1-3-39-28(37)19-5-10-22(11-6-19)34-27(36)25(17-26(35)32-21-8-12-23(38-2)13-9-21)33(29(34)40)15-14-18-4-7-20(30)16-24(18)31/h4-13,16,25H,3,14-15,17H2,1-2H3,(H,32,35)/t25-/m1/s1. The summed E-state index contributed by atoms with van der Waals surface area (Å²) in [6.45, 7) is 2.32. The zero-order valence-corrected chi connectivity index (χ0v) is 24.2. The Morgan fingerprint density at radius 3 is 2.35 bits per heavy atom. The van der Waals surface area contributed by atoms with E-state index in [2.05, 4.69) is 5.32 Å². The van der Waals surface area contributed by atoms with Crippen LogP contribution in [-0.2, 0) is 20.7 Å². The predicted molar refractivity (Wildman–Crippen MR) is 159 cm³/mol. The number of rotatable bonds is 10. The van der Waals surface area contributed by atoms with Crippen molar-refractivity contribution in [2.45, 2.75) is 25.8 Å². The summed E-state index contributed by atoms with van der Waals surface area (Å²) in [6.07, 6.45) is 0.340. The van der Waals surface area contributed by atoms with Crippen LogP contribution in [0.15, 0.2) is 66.7 Å². The van der Waals surface area contributed by atoms with Gasteiger partial charge in [-0.2, -0.15) is 0 Å². The van der Waals surface area contributed by atoms with Gasteiger partial charge in [0.1, 0.15) is 11.8 Å². The second kappa shape index (κ2) is 13.1. The van der Waals surface area contributed by atoms with Crippen LogP contribution in [0.3, 0.4) is 0 Å². The van der Waals surface area contributed by atoms with E-state index >= 15 is 0 Å². The first-order chi connectivity index (χ1) is 19.2. The van der Waals surface area contributed by atoms with E-state index in [4.69, 9.17) is 44.9 Å². The van der Waals surface area contributed by atoms with Crippen LogP contribution in [0.5, 0.6) is 5.75 Å². The quantitative estimate of drug-likeness (QED) is 0.234. The van der Waals surface area contributed by atoms with Crippen molar-refractivity contribution < 1.29 is 23.9 Å². The monoisotopic (exact) mass is 599 g/mol. The maximum absolute atomic E-state index is 13.7. The SMILES string of the molecule is CCOC(=O)c1ccc(N2C(=O)[C@@H](CC(=O)Nc3ccc(OC)cc3)N(CCc3ccc(Cl)cc3Cl)C2=S)cc1. The Morgan fingerprint density at radius 2 is 1.73 bits per heavy atom. The normalized spacial score (nSPS) is 14.8. The highest BCUT2D eigenvalue weighted by atomic mass is 35.5. The Kier molecular flexibility index (Phi) is 9.63. The molecule has 0 spiro atoms. The van der Waals surface area contributed by atoms with Crippen molar-refractivity contribution in [1.82, 2.24) is 4.90 Å². The molecule has 0 bridgehead atoms. The molecule has 3 aromatic carbocycles. The van der Waals surface area contributed by atoms with Gasteiger partial charge >= 0.3 is 5.97 Å². The molecule has 1 aliphatic rings. The van der Waals surface area contributed by atoms with Gasteiger partial charge in [0.2, 0.25) is 5.91 Å². The van der Waals surface area contributed by atoms with Crippen LogP contribution < -0.4 is 15.0 Å². The number of nitrogens with zero attached hydrogens (tertiary/aromatic N) is 2. The fraction of sp³-hybridized carbons (Fsp3) is 0.241. The molecule has 0 aliphatic carbocycles. The molecule has 1 N–H and O–H groups in total. The average molecular weight is 601 g/mol. The number of thiocarbonyl (C=S) groups is 1. The van der Waals surface area contributed by atoms with Gasteiger partial charge < -0.3 is 19.7 Å². The highest BCUT2D eigenvalue weighted by Crippen LogP contribution is 2.29. The number of anilines is 2. The molecule has 11 heteroatoms. The number of benzene rings is 3. The number of ether oxygens (including phenoxy) is 2. The number of esters is 1. The number of carbonyl (C=O) groups excluding carboxylic acids is 3. The fourth-order valence-electron chi connectivity index (χ4n) is 4.31. The van der Waals surface area contributed by atoms with Gasteiger partial charge in [-0.15, -0.1) is 0 Å². The maximum atomic E-state index is 13.7. The first-order valence-corrected chi connectivity index (χ1v) is 13.7. The van der Waals surface area contributed by atoms with Crippen molar-refractivity contribution in [1.29, 1.82) is 0 Å². The Hall–Kier alpha value is -3.66. The highest BCUT2D eigenvalue weighted by Gasteiger charge is 2.44. The molecule has 2 amide bonds. The zero-order valence-electron chi connectivity index (χ0n) is 21.9. The van der Waals surface area contributed by atoms with E-state index in [0.29, 0.717) is 45.7 Å². The van der Waals surface area contributed by atoms with Gasteiger partial charge in [-0.25, -0.2) is 4.79 Å². The summed E-state index contributed by atoms with van der Waals surface area (Å²) in [4.78, 5) is 41.9. The van der Waals surface area contributed by atoms with Crippen molar-refractivity contribution in [3.05, 3.63) is 87.9 Å². The molecule has 0 radical (unpaired) electrons. The minimum atomic E-state index is -0.846. The Balaban J connectivity index is 1.56. The van der Waals surface area contributed by atoms with Crippen molar-refractivity contribution in [2.75, 3.05) is 30.5 Å². The van der Waals surface area contributed by atoms with E-state index in [1.165, 1.54) is 4.90 Å². The molecule has 4 rings (SSSR count). The van der Waals surface area contributed by atoms with Crippen LogP contribution in [0.25, 0.3) is 0 Å². The third-order valence-electron chi connectivity index (χ3n) is 6.34. The molecule has 1 saturated heterocycles. The number of amides is 2. The lowest BCUT2D eigenvalue weighted by Gasteiger charge is -2.24. The lowest BCUT2D eigenvalue weighted by molar-refractivity contribution is -0.124. The summed E-state index contributed by atoms with van der Waals surface area (Å²) in [6, 6.07) is 17.7. The van der Waals surface area contributed by atoms with E-state index in [0.717, 1.165) is 5.56 Å². The summed E-state index contributed by atoms with van der Waals surface area (Å²) in [5.41, 5.74) is 2.24. The lowest BCUT2D eigenvalue weighted by atomic mass is 10.1. The summed E-state index contributed by atoms with van der Waals surface area (Å²) >= 11 is 18.2. The first-order valence-electron chi connectivity index (χ1n) is 12.5. The minimum absolute atomic E-state index is 0.128. The van der Waals surface area contributed by atoms with Gasteiger partial charge in [0.15, 0.2) is 5.11 Å². The molecule has 1 atom stereocenters. The molecular formula is C29H27Cl2N3O5S. The fourth-order valence-corrected chi connectivity index (χ4v) is 5.23. The summed E-state index contributed by atoms with van der Waals surface area (Å²) in [7, 11) is 1.56. The number of carbonyl (C=O) groups is 3. The highest BCUT2D eigenvalue weighted by molar-refractivity contribution is 7.80. The van der Waals surface area contributed by atoms with Gasteiger partial charge in [-0.3, -0.25) is 14.5 Å². The summed E-state index contributed by atoms with van der Waals surface area (Å²) < 4.78 is 10.2. The van der Waals surface area contributed by atoms with Crippen LogP contribution in [0.4, 0.5) is 11.4 Å². The van der Waals surface area contributed by atoms with Crippen LogP contribution >= 0.6 is 35.4 Å².